The van der Waals surface area contributed by atoms with Gasteiger partial charge in [0.1, 0.15) is 0 Å². The van der Waals surface area contributed by atoms with Crippen molar-refractivity contribution in [2.75, 3.05) is 34.6 Å². The van der Waals surface area contributed by atoms with E-state index in [1.807, 2.05) is 13.0 Å². The SMILES string of the molecule is CCNC(=O)Nc1nc2cc(-c3cnc(NS(=O)(=O)C(C)(C)C)nc3)cc(N3CCCCC3)c2s1. The number of carbonyl (C=O) groups excluding carboxylic acids is 1. The summed E-state index contributed by atoms with van der Waals surface area (Å²) in [5.74, 6) is 0.0306. The van der Waals surface area contributed by atoms with Crippen LogP contribution in [0.2, 0.25) is 0 Å². The average Bonchev–Trinajstić information content (AvgIpc) is 3.21. The summed E-state index contributed by atoms with van der Waals surface area (Å²) in [6, 6.07) is 3.76. The van der Waals surface area contributed by atoms with Crippen LogP contribution in [-0.2, 0) is 10.0 Å². The van der Waals surface area contributed by atoms with Crippen LogP contribution in [0.5, 0.6) is 0 Å². The first-order chi connectivity index (χ1) is 16.6. The minimum Gasteiger partial charge on any atom is -0.370 e. The van der Waals surface area contributed by atoms with Gasteiger partial charge in [-0.05, 0) is 64.7 Å². The van der Waals surface area contributed by atoms with Crippen LogP contribution in [-0.4, -0.2) is 53.8 Å². The van der Waals surface area contributed by atoms with Crippen molar-refractivity contribution in [3.8, 4) is 11.1 Å². The Bertz CT molecular complexity index is 1310. The van der Waals surface area contributed by atoms with Crippen LogP contribution in [0.25, 0.3) is 21.3 Å². The second kappa shape index (κ2) is 9.94. The third-order valence-electron chi connectivity index (χ3n) is 5.74. The number of nitrogens with one attached hydrogen (secondary N) is 3. The Morgan fingerprint density at radius 2 is 1.77 bits per heavy atom. The van der Waals surface area contributed by atoms with Gasteiger partial charge < -0.3 is 10.2 Å². The highest BCUT2D eigenvalue weighted by molar-refractivity contribution is 7.94. The summed E-state index contributed by atoms with van der Waals surface area (Å²) in [6.45, 7) is 9.15. The number of benzene rings is 1. The number of hydrogen-bond donors (Lipinski definition) is 3. The summed E-state index contributed by atoms with van der Waals surface area (Å²) < 4.78 is 27.3. The molecule has 0 aliphatic carbocycles. The number of hydrogen-bond acceptors (Lipinski definition) is 8. The van der Waals surface area contributed by atoms with E-state index in [9.17, 15) is 13.2 Å². The second-order valence-corrected chi connectivity index (χ2v) is 12.8. The van der Waals surface area contributed by atoms with Gasteiger partial charge in [0.2, 0.25) is 16.0 Å². The van der Waals surface area contributed by atoms with E-state index in [2.05, 4.69) is 41.3 Å². The Morgan fingerprint density at radius 1 is 1.09 bits per heavy atom. The molecular formula is C23H31N7O3S2. The van der Waals surface area contributed by atoms with E-state index in [0.717, 1.165) is 53.0 Å². The van der Waals surface area contributed by atoms with Gasteiger partial charge in [0, 0.05) is 37.6 Å². The maximum atomic E-state index is 12.4. The predicted octanol–water partition coefficient (Wildman–Crippen LogP) is 4.43. The molecule has 188 valence electrons. The van der Waals surface area contributed by atoms with Crippen molar-refractivity contribution in [1.82, 2.24) is 20.3 Å². The number of piperidine rings is 1. The van der Waals surface area contributed by atoms with Crippen molar-refractivity contribution in [2.45, 2.75) is 51.7 Å². The molecule has 4 rings (SSSR count). The largest absolute Gasteiger partial charge is 0.370 e. The fourth-order valence-electron chi connectivity index (χ4n) is 3.71. The standard InChI is InChI=1S/C23H31N7O3S2/c1-5-24-21(31)28-22-27-17-11-15(12-18(19(17)34-22)30-9-7-6-8-10-30)16-13-25-20(26-14-16)29-35(32,33)23(2,3)4/h11-14H,5-10H2,1-4H3,(H,25,26,29)(H2,24,27,28,31). The van der Waals surface area contributed by atoms with Gasteiger partial charge in [-0.15, -0.1) is 0 Å². The molecule has 0 atom stereocenters. The molecule has 0 radical (unpaired) electrons. The van der Waals surface area contributed by atoms with Gasteiger partial charge in [0.15, 0.2) is 5.13 Å². The molecule has 3 aromatic rings. The van der Waals surface area contributed by atoms with Crippen molar-refractivity contribution in [3.05, 3.63) is 24.5 Å². The highest BCUT2D eigenvalue weighted by Crippen LogP contribution is 2.39. The fraction of sp³-hybridized carbons (Fsp3) is 0.478. The lowest BCUT2D eigenvalue weighted by Gasteiger charge is -2.29. The lowest BCUT2D eigenvalue weighted by Crippen LogP contribution is -2.34. The van der Waals surface area contributed by atoms with E-state index in [0.29, 0.717) is 11.7 Å². The summed E-state index contributed by atoms with van der Waals surface area (Å²) in [5, 5.41) is 6.07. The van der Waals surface area contributed by atoms with Crippen molar-refractivity contribution in [3.63, 3.8) is 0 Å². The number of aromatic nitrogens is 3. The summed E-state index contributed by atoms with van der Waals surface area (Å²) in [4.78, 5) is 27.5. The number of sulfonamides is 1. The summed E-state index contributed by atoms with van der Waals surface area (Å²) in [5.41, 5.74) is 3.46. The molecule has 0 bridgehead atoms. The maximum absolute atomic E-state index is 12.4. The highest BCUT2D eigenvalue weighted by atomic mass is 32.2. The first-order valence-electron chi connectivity index (χ1n) is 11.7. The number of nitrogens with zero attached hydrogens (tertiary/aromatic N) is 4. The van der Waals surface area contributed by atoms with Crippen LogP contribution < -0.4 is 20.3 Å². The van der Waals surface area contributed by atoms with E-state index in [1.54, 1.807) is 33.2 Å². The molecule has 3 N–H and O–H groups in total. The van der Waals surface area contributed by atoms with Gasteiger partial charge in [0.25, 0.3) is 0 Å². The molecule has 3 heterocycles. The zero-order valence-electron chi connectivity index (χ0n) is 20.4. The molecule has 1 aromatic carbocycles. The molecule has 35 heavy (non-hydrogen) atoms. The van der Waals surface area contributed by atoms with Crippen molar-refractivity contribution in [2.24, 2.45) is 0 Å². The Kier molecular flexibility index (Phi) is 7.13. The molecule has 1 aliphatic heterocycles. The fourth-order valence-corrected chi connectivity index (χ4v) is 5.34. The minimum absolute atomic E-state index is 0.0306. The smallest absolute Gasteiger partial charge is 0.321 e. The van der Waals surface area contributed by atoms with Gasteiger partial charge in [-0.25, -0.2) is 28.2 Å². The molecule has 12 heteroatoms. The number of anilines is 3. The molecular weight excluding hydrogens is 486 g/mol. The lowest BCUT2D eigenvalue weighted by atomic mass is 10.1. The van der Waals surface area contributed by atoms with Gasteiger partial charge in [0.05, 0.1) is 20.7 Å². The van der Waals surface area contributed by atoms with Crippen LogP contribution >= 0.6 is 11.3 Å². The molecule has 0 unspecified atom stereocenters. The third-order valence-corrected chi connectivity index (χ3v) is 8.81. The van der Waals surface area contributed by atoms with Crippen LogP contribution in [0.15, 0.2) is 24.5 Å². The zero-order chi connectivity index (χ0) is 25.2. The van der Waals surface area contributed by atoms with Gasteiger partial charge in [-0.1, -0.05) is 11.3 Å². The number of urea groups is 1. The Hall–Kier alpha value is -2.99. The number of carbonyl (C=O) groups is 1. The molecule has 0 spiro atoms. The molecule has 0 saturated carbocycles. The van der Waals surface area contributed by atoms with Crippen molar-refractivity contribution >= 4 is 54.4 Å². The third kappa shape index (κ3) is 5.64. The van der Waals surface area contributed by atoms with E-state index in [1.165, 1.54) is 17.8 Å². The molecule has 2 amide bonds. The summed E-state index contributed by atoms with van der Waals surface area (Å²) >= 11 is 1.45. The molecule has 2 aromatic heterocycles. The zero-order valence-corrected chi connectivity index (χ0v) is 22.0. The quantitative estimate of drug-likeness (QED) is 0.441. The highest BCUT2D eigenvalue weighted by Gasteiger charge is 2.29. The monoisotopic (exact) mass is 517 g/mol. The van der Waals surface area contributed by atoms with Gasteiger partial charge in [-0.2, -0.15) is 0 Å². The van der Waals surface area contributed by atoms with E-state index in [-0.39, 0.29) is 12.0 Å². The molecule has 1 saturated heterocycles. The van der Waals surface area contributed by atoms with E-state index < -0.39 is 14.8 Å². The number of amides is 2. The first-order valence-corrected chi connectivity index (χ1v) is 14.0. The maximum Gasteiger partial charge on any atom is 0.321 e. The lowest BCUT2D eigenvalue weighted by molar-refractivity contribution is 0.252. The Balaban J connectivity index is 1.69. The van der Waals surface area contributed by atoms with Gasteiger partial charge in [-0.3, -0.25) is 10.0 Å². The Morgan fingerprint density at radius 3 is 2.40 bits per heavy atom. The topological polar surface area (TPSA) is 129 Å². The molecule has 1 fully saturated rings. The number of rotatable bonds is 6. The molecule has 10 nitrogen and oxygen atoms in total. The summed E-state index contributed by atoms with van der Waals surface area (Å²) in [6.07, 6.45) is 6.68. The summed E-state index contributed by atoms with van der Waals surface area (Å²) in [7, 11) is -3.62. The van der Waals surface area contributed by atoms with Crippen molar-refractivity contribution in [1.29, 1.82) is 0 Å². The number of fused-ring (bicyclic) bond motifs is 1. The Labute approximate surface area is 209 Å². The first kappa shape index (κ1) is 25.1. The van der Waals surface area contributed by atoms with Crippen LogP contribution in [0.4, 0.5) is 21.6 Å². The van der Waals surface area contributed by atoms with Gasteiger partial charge >= 0.3 is 6.03 Å². The van der Waals surface area contributed by atoms with Crippen LogP contribution in [0.1, 0.15) is 47.0 Å². The van der Waals surface area contributed by atoms with E-state index >= 15 is 0 Å². The van der Waals surface area contributed by atoms with Crippen molar-refractivity contribution < 1.29 is 13.2 Å². The van der Waals surface area contributed by atoms with E-state index in [4.69, 9.17) is 0 Å². The predicted molar refractivity (Wildman–Crippen MR) is 142 cm³/mol. The number of thiazole rings is 1. The van der Waals surface area contributed by atoms with Crippen LogP contribution in [0, 0.1) is 0 Å². The molecule has 1 aliphatic rings. The minimum atomic E-state index is -3.62. The normalized spacial score (nSPS) is 14.7. The van der Waals surface area contributed by atoms with Crippen LogP contribution in [0.3, 0.4) is 0 Å². The average molecular weight is 518 g/mol. The second-order valence-electron chi connectivity index (χ2n) is 9.41.